The topological polar surface area (TPSA) is 155 Å². The van der Waals surface area contributed by atoms with Gasteiger partial charge in [0, 0.05) is 19.3 Å². The molecule has 0 aliphatic carbocycles. The van der Waals surface area contributed by atoms with Gasteiger partial charge in [-0.25, -0.2) is 4.57 Å². The highest BCUT2D eigenvalue weighted by atomic mass is 31.2. The zero-order chi connectivity index (χ0) is 49.9. The van der Waals surface area contributed by atoms with Crippen molar-refractivity contribution in [1.82, 2.24) is 0 Å². The molecular weight excluding hydrogens is 880 g/mol. The van der Waals surface area contributed by atoms with Crippen LogP contribution in [0.4, 0.5) is 0 Å². The standard InChI is InChI=1S/C56H93O11P/c1-4-7-10-13-16-19-22-25-26-29-30-33-36-39-42-45-54(58)63-49-53(67-56(60)47-44-41-38-35-32-28-24-21-18-15-12-9-6-3)51-65-68(61,62)64-50-52(48-57)66-55(59)46-43-40-37-34-31-27-23-20-17-14-11-8-5-2/h9,11-12,14,16,18-21,23,25-26,28,32,38,41,52-53,57H,4-8,10,13,15,17,22,24,27,29-31,33-37,39-40,42-51H2,1-3H3,(H,61,62)/b12-9-,14-11-,19-16-,21-18-,23-20-,26-25-,32-28-,41-38-. The second kappa shape index (κ2) is 49.8. The Morgan fingerprint density at radius 3 is 1.32 bits per heavy atom. The number of carbonyl (C=O) groups excluding carboxylic acids is 3. The van der Waals surface area contributed by atoms with Crippen LogP contribution in [0.5, 0.6) is 0 Å². The monoisotopic (exact) mass is 973 g/mol. The Bertz CT molecular complexity index is 1510. The highest BCUT2D eigenvalue weighted by Crippen LogP contribution is 2.43. The molecule has 0 aliphatic rings. The Kier molecular flexibility index (Phi) is 47.2. The summed E-state index contributed by atoms with van der Waals surface area (Å²) in [5.74, 6) is -1.61. The predicted octanol–water partition coefficient (Wildman–Crippen LogP) is 14.9. The number of rotatable bonds is 47. The van der Waals surface area contributed by atoms with Gasteiger partial charge in [0.15, 0.2) is 6.10 Å². The van der Waals surface area contributed by atoms with Crippen molar-refractivity contribution in [3.8, 4) is 0 Å². The quantitative estimate of drug-likeness (QED) is 0.0197. The Morgan fingerprint density at radius 2 is 0.824 bits per heavy atom. The summed E-state index contributed by atoms with van der Waals surface area (Å²) in [7, 11) is -4.77. The van der Waals surface area contributed by atoms with E-state index in [-0.39, 0.29) is 25.9 Å². The van der Waals surface area contributed by atoms with Crippen molar-refractivity contribution in [2.75, 3.05) is 26.4 Å². The average molecular weight is 973 g/mol. The lowest BCUT2D eigenvalue weighted by Crippen LogP contribution is -2.30. The molecular formula is C56H93O11P. The Hall–Kier alpha value is -3.60. The molecule has 0 bridgehead atoms. The second-order valence-corrected chi connectivity index (χ2v) is 18.4. The van der Waals surface area contributed by atoms with Crippen molar-refractivity contribution in [2.45, 2.75) is 213 Å². The van der Waals surface area contributed by atoms with E-state index in [1.54, 1.807) is 0 Å². The molecule has 3 unspecified atom stereocenters. The minimum Gasteiger partial charge on any atom is -0.462 e. The molecule has 11 nitrogen and oxygen atoms in total. The van der Waals surface area contributed by atoms with Crippen LogP contribution >= 0.6 is 7.82 Å². The number of phosphoric acid groups is 1. The van der Waals surface area contributed by atoms with Gasteiger partial charge >= 0.3 is 25.7 Å². The maximum Gasteiger partial charge on any atom is 0.472 e. The number of esters is 3. The maximum atomic E-state index is 12.8. The van der Waals surface area contributed by atoms with Crippen LogP contribution < -0.4 is 0 Å². The van der Waals surface area contributed by atoms with Gasteiger partial charge in [-0.2, -0.15) is 0 Å². The first-order valence-electron chi connectivity index (χ1n) is 26.1. The molecule has 0 saturated heterocycles. The first-order chi connectivity index (χ1) is 33.2. The molecule has 3 atom stereocenters. The van der Waals surface area contributed by atoms with E-state index in [4.69, 9.17) is 23.3 Å². The Morgan fingerprint density at radius 1 is 0.426 bits per heavy atom. The molecule has 12 heteroatoms. The van der Waals surface area contributed by atoms with Crippen molar-refractivity contribution in [2.24, 2.45) is 0 Å². The molecule has 0 fully saturated rings. The number of carbonyl (C=O) groups is 3. The highest BCUT2D eigenvalue weighted by molar-refractivity contribution is 7.47. The third-order valence-corrected chi connectivity index (χ3v) is 11.4. The minimum absolute atomic E-state index is 0.0382. The van der Waals surface area contributed by atoms with E-state index >= 15 is 0 Å². The van der Waals surface area contributed by atoms with Crippen molar-refractivity contribution in [1.29, 1.82) is 0 Å². The number of hydrogen-bond donors (Lipinski definition) is 2. The first kappa shape index (κ1) is 64.4. The van der Waals surface area contributed by atoms with Gasteiger partial charge in [0.05, 0.1) is 19.8 Å². The van der Waals surface area contributed by atoms with E-state index in [1.807, 2.05) is 12.2 Å². The van der Waals surface area contributed by atoms with Crippen molar-refractivity contribution < 1.29 is 52.2 Å². The van der Waals surface area contributed by atoms with Crippen LogP contribution in [-0.4, -0.2) is 66.5 Å². The third kappa shape index (κ3) is 47.5. The number of hydrogen-bond acceptors (Lipinski definition) is 10. The number of allylic oxidation sites excluding steroid dienone is 16. The lowest BCUT2D eigenvalue weighted by molar-refractivity contribution is -0.161. The van der Waals surface area contributed by atoms with E-state index in [0.29, 0.717) is 19.3 Å². The zero-order valence-corrected chi connectivity index (χ0v) is 43.4. The van der Waals surface area contributed by atoms with E-state index < -0.39 is 57.8 Å². The van der Waals surface area contributed by atoms with Crippen molar-refractivity contribution in [3.05, 3.63) is 97.2 Å². The van der Waals surface area contributed by atoms with E-state index in [1.165, 1.54) is 19.3 Å². The summed E-state index contributed by atoms with van der Waals surface area (Å²) in [4.78, 5) is 48.3. The molecule has 0 aromatic rings. The molecule has 388 valence electrons. The number of ether oxygens (including phenoxy) is 3. The van der Waals surface area contributed by atoms with Gasteiger partial charge in [-0.05, 0) is 103 Å². The molecule has 0 saturated carbocycles. The summed E-state index contributed by atoms with van der Waals surface area (Å²) in [5, 5.41) is 9.77. The van der Waals surface area contributed by atoms with Crippen molar-refractivity contribution in [3.63, 3.8) is 0 Å². The zero-order valence-electron chi connectivity index (χ0n) is 42.5. The molecule has 0 radical (unpaired) electrons. The molecule has 0 aromatic carbocycles. The lowest BCUT2D eigenvalue weighted by atomic mass is 10.1. The summed E-state index contributed by atoms with van der Waals surface area (Å²) in [6.07, 6.45) is 56.8. The van der Waals surface area contributed by atoms with Crippen LogP contribution in [0.15, 0.2) is 97.2 Å². The number of aliphatic hydroxyl groups excluding tert-OH is 1. The summed E-state index contributed by atoms with van der Waals surface area (Å²) < 4.78 is 39.2. The fourth-order valence-corrected chi connectivity index (χ4v) is 7.28. The molecule has 0 heterocycles. The highest BCUT2D eigenvalue weighted by Gasteiger charge is 2.28. The fourth-order valence-electron chi connectivity index (χ4n) is 6.49. The largest absolute Gasteiger partial charge is 0.472 e. The third-order valence-electron chi connectivity index (χ3n) is 10.5. The Labute approximate surface area is 412 Å². The van der Waals surface area contributed by atoms with Gasteiger partial charge < -0.3 is 24.2 Å². The predicted molar refractivity (Wildman–Crippen MR) is 279 cm³/mol. The van der Waals surface area contributed by atoms with Crippen LogP contribution in [-0.2, 0) is 42.2 Å². The van der Waals surface area contributed by atoms with E-state index in [0.717, 1.165) is 122 Å². The summed E-state index contributed by atoms with van der Waals surface area (Å²) >= 11 is 0. The molecule has 0 aliphatic heterocycles. The molecule has 2 N–H and O–H groups in total. The van der Waals surface area contributed by atoms with Gasteiger partial charge in [0.1, 0.15) is 12.7 Å². The SMILES string of the molecule is CC/C=C\C/C=C\C/C=C\C/C=C\CCC(=O)OC(COC(=O)CCCCCCC/C=C\C/C=C\CCCCC)COP(=O)(O)OCC(CO)OC(=O)CCCCCCC/C=C\C/C=C\CCC. The number of aliphatic hydroxyl groups is 1. The average Bonchev–Trinajstić information content (AvgIpc) is 3.32. The van der Waals surface area contributed by atoms with Crippen LogP contribution in [0, 0.1) is 0 Å². The van der Waals surface area contributed by atoms with Gasteiger partial charge in [-0.15, -0.1) is 0 Å². The normalized spacial score (nSPS) is 14.2. The summed E-state index contributed by atoms with van der Waals surface area (Å²) in [6, 6.07) is 0. The first-order valence-corrected chi connectivity index (χ1v) is 27.6. The number of unbranched alkanes of at least 4 members (excludes halogenated alkanes) is 14. The van der Waals surface area contributed by atoms with Crippen LogP contribution in [0.3, 0.4) is 0 Å². The van der Waals surface area contributed by atoms with Gasteiger partial charge in [-0.3, -0.25) is 23.4 Å². The Balaban J connectivity index is 4.85. The van der Waals surface area contributed by atoms with E-state index in [2.05, 4.69) is 106 Å². The molecule has 0 spiro atoms. The molecule has 0 amide bonds. The second-order valence-electron chi connectivity index (χ2n) is 16.9. The molecule has 0 rings (SSSR count). The van der Waals surface area contributed by atoms with Crippen LogP contribution in [0.2, 0.25) is 0 Å². The molecule has 68 heavy (non-hydrogen) atoms. The summed E-state index contributed by atoms with van der Waals surface area (Å²) in [5.41, 5.74) is 0. The number of phosphoric ester groups is 1. The summed E-state index contributed by atoms with van der Waals surface area (Å²) in [6.45, 7) is 4.29. The minimum atomic E-state index is -4.77. The van der Waals surface area contributed by atoms with Gasteiger partial charge in [0.2, 0.25) is 0 Å². The van der Waals surface area contributed by atoms with Crippen LogP contribution in [0.25, 0.3) is 0 Å². The fraction of sp³-hybridized carbons (Fsp3) is 0.661. The van der Waals surface area contributed by atoms with Gasteiger partial charge in [-0.1, -0.05) is 176 Å². The van der Waals surface area contributed by atoms with Gasteiger partial charge in [0.25, 0.3) is 0 Å². The lowest BCUT2D eigenvalue weighted by Gasteiger charge is -2.21. The molecule has 0 aromatic heterocycles. The van der Waals surface area contributed by atoms with E-state index in [9.17, 15) is 28.9 Å². The smallest absolute Gasteiger partial charge is 0.462 e. The maximum absolute atomic E-state index is 12.8. The van der Waals surface area contributed by atoms with Crippen molar-refractivity contribution >= 4 is 25.7 Å². The van der Waals surface area contributed by atoms with Crippen LogP contribution in [0.1, 0.15) is 201 Å².